The number of thioether (sulfide) groups is 1. The van der Waals surface area contributed by atoms with E-state index in [0.717, 1.165) is 11.3 Å². The number of halogens is 1. The van der Waals surface area contributed by atoms with Gasteiger partial charge in [0, 0.05) is 5.69 Å². The number of carbonyl (C=O) groups is 1. The van der Waals surface area contributed by atoms with Gasteiger partial charge in [0.2, 0.25) is 11.1 Å². The molecule has 1 aromatic heterocycles. The van der Waals surface area contributed by atoms with E-state index in [9.17, 15) is 9.18 Å². The molecule has 3 aromatic rings. The van der Waals surface area contributed by atoms with Crippen molar-refractivity contribution in [2.75, 3.05) is 5.32 Å². The average Bonchev–Trinajstić information content (AvgIpc) is 3.05. The van der Waals surface area contributed by atoms with Crippen molar-refractivity contribution in [3.8, 4) is 11.4 Å². The summed E-state index contributed by atoms with van der Waals surface area (Å²) in [5.41, 5.74) is 2.12. The van der Waals surface area contributed by atoms with Crippen LogP contribution in [0.5, 0.6) is 0 Å². The molecule has 0 bridgehead atoms. The molecule has 0 fully saturated rings. The second-order valence-electron chi connectivity index (χ2n) is 5.51. The second kappa shape index (κ2) is 7.48. The van der Waals surface area contributed by atoms with Gasteiger partial charge < -0.3 is 5.32 Å². The molecule has 25 heavy (non-hydrogen) atoms. The molecule has 0 radical (unpaired) electrons. The van der Waals surface area contributed by atoms with Crippen LogP contribution in [0.15, 0.2) is 53.7 Å². The lowest BCUT2D eigenvalue weighted by Crippen LogP contribution is -2.22. The molecule has 0 saturated heterocycles. The summed E-state index contributed by atoms with van der Waals surface area (Å²) in [5.74, 6) is -0.177. The number of rotatable bonds is 5. The van der Waals surface area contributed by atoms with Crippen LogP contribution in [-0.4, -0.2) is 26.3 Å². The van der Waals surface area contributed by atoms with Crippen molar-refractivity contribution in [3.63, 3.8) is 0 Å². The van der Waals surface area contributed by atoms with Crippen LogP contribution in [0.1, 0.15) is 12.5 Å². The van der Waals surface area contributed by atoms with Crippen molar-refractivity contribution < 1.29 is 9.18 Å². The Labute approximate surface area is 149 Å². The normalized spacial score (nSPS) is 12.0. The fourth-order valence-electron chi connectivity index (χ4n) is 2.23. The van der Waals surface area contributed by atoms with E-state index in [1.165, 1.54) is 17.8 Å². The predicted octanol–water partition coefficient (Wildman–Crippen LogP) is 4.04. The summed E-state index contributed by atoms with van der Waals surface area (Å²) < 4.78 is 13.8. The zero-order chi connectivity index (χ0) is 17.8. The Kier molecular flexibility index (Phi) is 5.14. The molecule has 128 valence electrons. The number of carbonyl (C=O) groups excluding carboxylic acids is 1. The lowest BCUT2D eigenvalue weighted by atomic mass is 10.2. The van der Waals surface area contributed by atoms with Gasteiger partial charge in [0.05, 0.1) is 10.8 Å². The van der Waals surface area contributed by atoms with Crippen molar-refractivity contribution in [2.45, 2.75) is 24.3 Å². The highest BCUT2D eigenvalue weighted by atomic mass is 32.2. The lowest BCUT2D eigenvalue weighted by Gasteiger charge is -2.11. The van der Waals surface area contributed by atoms with Crippen LogP contribution in [0, 0.1) is 12.7 Å². The zero-order valence-electron chi connectivity index (χ0n) is 13.8. The van der Waals surface area contributed by atoms with Crippen LogP contribution in [0.25, 0.3) is 11.4 Å². The minimum atomic E-state index is -0.399. The number of amides is 1. The van der Waals surface area contributed by atoms with Gasteiger partial charge >= 0.3 is 0 Å². The van der Waals surface area contributed by atoms with Crippen LogP contribution < -0.4 is 5.32 Å². The van der Waals surface area contributed by atoms with E-state index < -0.39 is 5.25 Å². The Morgan fingerprint density at radius 3 is 2.68 bits per heavy atom. The molecule has 1 amide bonds. The van der Waals surface area contributed by atoms with Crippen molar-refractivity contribution in [2.24, 2.45) is 0 Å². The van der Waals surface area contributed by atoms with E-state index in [-0.39, 0.29) is 11.7 Å². The predicted molar refractivity (Wildman–Crippen MR) is 96.9 cm³/mol. The number of hydrogen-bond acceptors (Lipinski definition) is 4. The topological polar surface area (TPSA) is 70.7 Å². The maximum Gasteiger partial charge on any atom is 0.237 e. The van der Waals surface area contributed by atoms with Gasteiger partial charge in [0.15, 0.2) is 5.82 Å². The minimum Gasteiger partial charge on any atom is -0.325 e. The molecule has 0 aliphatic heterocycles. The average molecular weight is 356 g/mol. The fourth-order valence-corrected chi connectivity index (χ4v) is 2.96. The molecule has 1 atom stereocenters. The first-order chi connectivity index (χ1) is 12.0. The van der Waals surface area contributed by atoms with Gasteiger partial charge in [-0.1, -0.05) is 42.1 Å². The van der Waals surface area contributed by atoms with E-state index in [0.29, 0.717) is 16.5 Å². The maximum atomic E-state index is 13.8. The van der Waals surface area contributed by atoms with Crippen molar-refractivity contribution >= 4 is 23.4 Å². The molecule has 0 saturated carbocycles. The third kappa shape index (κ3) is 4.06. The van der Waals surface area contributed by atoms with Gasteiger partial charge in [-0.05, 0) is 37.6 Å². The first-order valence-corrected chi connectivity index (χ1v) is 8.63. The summed E-state index contributed by atoms with van der Waals surface area (Å²) in [5, 5.41) is 9.66. The maximum absolute atomic E-state index is 13.8. The van der Waals surface area contributed by atoms with Gasteiger partial charge in [-0.15, -0.1) is 5.10 Å². The molecule has 0 unspecified atom stereocenters. The second-order valence-corrected chi connectivity index (χ2v) is 6.82. The molecule has 0 aliphatic rings. The number of nitrogens with one attached hydrogen (secondary N) is 2. The number of benzene rings is 2. The van der Waals surface area contributed by atoms with Crippen molar-refractivity contribution in [1.29, 1.82) is 0 Å². The van der Waals surface area contributed by atoms with Crippen LogP contribution in [0.2, 0.25) is 0 Å². The lowest BCUT2D eigenvalue weighted by molar-refractivity contribution is -0.115. The molecular formula is C18H17FN4OS. The summed E-state index contributed by atoms with van der Waals surface area (Å²) in [7, 11) is 0. The highest BCUT2D eigenvalue weighted by Crippen LogP contribution is 2.25. The molecule has 2 N–H and O–H groups in total. The Hall–Kier alpha value is -2.67. The summed E-state index contributed by atoms with van der Waals surface area (Å²) in [6.07, 6.45) is 0. The quantitative estimate of drug-likeness (QED) is 0.677. The summed E-state index contributed by atoms with van der Waals surface area (Å²) >= 11 is 1.21. The third-order valence-electron chi connectivity index (χ3n) is 3.65. The monoisotopic (exact) mass is 356 g/mol. The number of aromatic nitrogens is 3. The number of hydrogen-bond donors (Lipinski definition) is 2. The van der Waals surface area contributed by atoms with Gasteiger partial charge in [-0.25, -0.2) is 9.37 Å². The highest BCUT2D eigenvalue weighted by molar-refractivity contribution is 8.00. The summed E-state index contributed by atoms with van der Waals surface area (Å²) in [6, 6.07) is 13.9. The van der Waals surface area contributed by atoms with Crippen LogP contribution in [-0.2, 0) is 4.79 Å². The largest absolute Gasteiger partial charge is 0.325 e. The number of aryl methyl sites for hydroxylation is 1. The highest BCUT2D eigenvalue weighted by Gasteiger charge is 2.18. The van der Waals surface area contributed by atoms with E-state index in [1.807, 2.05) is 31.2 Å². The van der Waals surface area contributed by atoms with E-state index in [1.54, 1.807) is 25.1 Å². The molecular weight excluding hydrogens is 339 g/mol. The SMILES string of the molecule is Cc1ccccc1NC(=O)[C@@H](C)Sc1n[nH]c(-c2ccccc2F)n1. The zero-order valence-corrected chi connectivity index (χ0v) is 14.6. The summed E-state index contributed by atoms with van der Waals surface area (Å²) in [6.45, 7) is 3.71. The van der Waals surface area contributed by atoms with Gasteiger partial charge in [-0.3, -0.25) is 9.89 Å². The minimum absolute atomic E-state index is 0.142. The number of H-pyrrole nitrogens is 1. The van der Waals surface area contributed by atoms with E-state index >= 15 is 0 Å². The van der Waals surface area contributed by atoms with Crippen LogP contribution in [0.4, 0.5) is 10.1 Å². The van der Waals surface area contributed by atoms with Crippen molar-refractivity contribution in [1.82, 2.24) is 15.2 Å². The number of nitrogens with zero attached hydrogens (tertiary/aromatic N) is 2. The van der Waals surface area contributed by atoms with Crippen LogP contribution >= 0.6 is 11.8 Å². The Bertz CT molecular complexity index is 896. The Morgan fingerprint density at radius 2 is 1.92 bits per heavy atom. The fraction of sp³-hybridized carbons (Fsp3) is 0.167. The smallest absolute Gasteiger partial charge is 0.237 e. The summed E-state index contributed by atoms with van der Waals surface area (Å²) in [4.78, 5) is 16.6. The molecule has 0 aliphatic carbocycles. The number of aromatic amines is 1. The van der Waals surface area contributed by atoms with Crippen molar-refractivity contribution in [3.05, 3.63) is 59.9 Å². The third-order valence-corrected chi connectivity index (χ3v) is 4.61. The standard InChI is InChI=1S/C18H17FN4OS/c1-11-7-3-6-10-15(11)20-17(24)12(2)25-18-21-16(22-23-18)13-8-4-5-9-14(13)19/h3-10,12H,1-2H3,(H,20,24)(H,21,22,23)/t12-/m1/s1. The molecule has 7 heteroatoms. The molecule has 0 spiro atoms. The van der Waals surface area contributed by atoms with Gasteiger partial charge in [0.25, 0.3) is 0 Å². The molecule has 5 nitrogen and oxygen atoms in total. The van der Waals surface area contributed by atoms with E-state index in [2.05, 4.69) is 20.5 Å². The van der Waals surface area contributed by atoms with E-state index in [4.69, 9.17) is 0 Å². The first kappa shape index (κ1) is 17.2. The number of anilines is 1. The van der Waals surface area contributed by atoms with Gasteiger partial charge in [0.1, 0.15) is 5.82 Å². The first-order valence-electron chi connectivity index (χ1n) is 7.75. The Balaban J connectivity index is 1.67. The number of para-hydroxylation sites is 1. The Morgan fingerprint density at radius 1 is 1.20 bits per heavy atom. The molecule has 1 heterocycles. The van der Waals surface area contributed by atoms with Crippen LogP contribution in [0.3, 0.4) is 0 Å². The molecule has 3 rings (SSSR count). The van der Waals surface area contributed by atoms with Gasteiger partial charge in [-0.2, -0.15) is 0 Å². The molecule has 2 aromatic carbocycles.